The lowest BCUT2D eigenvalue weighted by Crippen LogP contribution is -2.43. The zero-order valence-corrected chi connectivity index (χ0v) is 14.4. The fraction of sp³-hybridized carbons (Fsp3) is 0.444. The molecular formula is C18H19NO6. The zero-order chi connectivity index (χ0) is 18.4. The zero-order valence-electron chi connectivity index (χ0n) is 14.4. The lowest BCUT2D eigenvalue weighted by Gasteiger charge is -2.24. The molecule has 1 aromatic rings. The minimum atomic E-state index is -1.51. The van der Waals surface area contributed by atoms with Crippen LogP contribution in [0, 0.1) is 12.3 Å². The maximum atomic E-state index is 12.6. The molecule has 1 aliphatic carbocycles. The van der Waals surface area contributed by atoms with Crippen LogP contribution in [0.3, 0.4) is 0 Å². The van der Waals surface area contributed by atoms with Crippen molar-refractivity contribution in [1.82, 2.24) is 5.32 Å². The van der Waals surface area contributed by atoms with E-state index in [1.807, 2.05) is 0 Å². The van der Waals surface area contributed by atoms with Crippen molar-refractivity contribution >= 4 is 23.8 Å². The number of carbonyl (C=O) groups excluding carboxylic acids is 4. The van der Waals surface area contributed by atoms with Crippen molar-refractivity contribution in [2.75, 3.05) is 13.2 Å². The van der Waals surface area contributed by atoms with Gasteiger partial charge in [-0.2, -0.15) is 0 Å². The van der Waals surface area contributed by atoms with Gasteiger partial charge in [-0.3, -0.25) is 24.5 Å². The maximum Gasteiger partial charge on any atom is 0.324 e. The standard InChI is InChI=1S/C18H19NO6/c1-4-24-16(22)18(17(23)25-5-2)7-10-6-9(3)12-13(11(10)8-18)15(21)19-14(12)20/h6H,4-5,7-8H2,1-3H3,(H,19,20,21). The fourth-order valence-electron chi connectivity index (χ4n) is 3.66. The highest BCUT2D eigenvalue weighted by Crippen LogP contribution is 2.43. The van der Waals surface area contributed by atoms with Gasteiger partial charge in [-0.25, -0.2) is 0 Å². The van der Waals surface area contributed by atoms with Gasteiger partial charge in [0.2, 0.25) is 0 Å². The predicted molar refractivity (Wildman–Crippen MR) is 86.1 cm³/mol. The van der Waals surface area contributed by atoms with Crippen LogP contribution in [0.1, 0.15) is 51.3 Å². The van der Waals surface area contributed by atoms with E-state index >= 15 is 0 Å². The molecule has 1 aliphatic heterocycles. The van der Waals surface area contributed by atoms with Crippen LogP contribution in [0.25, 0.3) is 0 Å². The first kappa shape index (κ1) is 17.1. The quantitative estimate of drug-likeness (QED) is 0.498. The van der Waals surface area contributed by atoms with E-state index in [2.05, 4.69) is 5.32 Å². The summed E-state index contributed by atoms with van der Waals surface area (Å²) in [5, 5.41) is 2.28. The van der Waals surface area contributed by atoms with Crippen LogP contribution in [0.4, 0.5) is 0 Å². The van der Waals surface area contributed by atoms with Crippen LogP contribution in [-0.4, -0.2) is 37.0 Å². The number of benzene rings is 1. The summed E-state index contributed by atoms with van der Waals surface area (Å²) in [4.78, 5) is 49.4. The van der Waals surface area contributed by atoms with Gasteiger partial charge < -0.3 is 9.47 Å². The van der Waals surface area contributed by atoms with Crippen molar-refractivity contribution in [1.29, 1.82) is 0 Å². The molecule has 0 saturated carbocycles. The first-order chi connectivity index (χ1) is 11.9. The van der Waals surface area contributed by atoms with Gasteiger partial charge in [-0.15, -0.1) is 0 Å². The van der Waals surface area contributed by atoms with Gasteiger partial charge in [0.1, 0.15) is 0 Å². The Kier molecular flexibility index (Phi) is 4.10. The molecule has 1 heterocycles. The van der Waals surface area contributed by atoms with Crippen molar-refractivity contribution in [2.24, 2.45) is 5.41 Å². The minimum absolute atomic E-state index is 0.0106. The Morgan fingerprint density at radius 3 is 2.16 bits per heavy atom. The molecule has 132 valence electrons. The van der Waals surface area contributed by atoms with E-state index in [4.69, 9.17) is 9.47 Å². The van der Waals surface area contributed by atoms with E-state index in [0.717, 1.165) is 0 Å². The van der Waals surface area contributed by atoms with E-state index in [-0.39, 0.29) is 31.6 Å². The number of rotatable bonds is 4. The molecule has 1 aromatic carbocycles. The van der Waals surface area contributed by atoms with E-state index in [1.165, 1.54) is 0 Å². The number of esters is 2. The minimum Gasteiger partial charge on any atom is -0.465 e. The monoisotopic (exact) mass is 345 g/mol. The van der Waals surface area contributed by atoms with Gasteiger partial charge in [0.05, 0.1) is 24.3 Å². The van der Waals surface area contributed by atoms with E-state index in [1.54, 1.807) is 26.8 Å². The molecule has 3 rings (SSSR count). The summed E-state index contributed by atoms with van der Waals surface area (Å²) in [6.07, 6.45) is 0.0822. The van der Waals surface area contributed by atoms with Crippen LogP contribution in [-0.2, 0) is 31.9 Å². The Labute approximate surface area is 144 Å². The van der Waals surface area contributed by atoms with Crippen LogP contribution < -0.4 is 5.32 Å². The highest BCUT2D eigenvalue weighted by Gasteiger charge is 2.54. The van der Waals surface area contributed by atoms with Crippen LogP contribution >= 0.6 is 0 Å². The topological polar surface area (TPSA) is 98.8 Å². The maximum absolute atomic E-state index is 12.6. The summed E-state index contributed by atoms with van der Waals surface area (Å²) >= 11 is 0. The molecule has 7 heteroatoms. The summed E-state index contributed by atoms with van der Waals surface area (Å²) in [7, 11) is 0. The average molecular weight is 345 g/mol. The third-order valence-corrected chi connectivity index (χ3v) is 4.71. The molecule has 2 aliphatic rings. The van der Waals surface area contributed by atoms with Gasteiger partial charge in [-0.05, 0) is 43.9 Å². The summed E-state index contributed by atoms with van der Waals surface area (Å²) in [5.74, 6) is -2.28. The molecule has 0 fully saturated rings. The number of carbonyl (C=O) groups is 4. The van der Waals surface area contributed by atoms with Crippen LogP contribution in [0.15, 0.2) is 6.07 Å². The molecule has 1 N–H and O–H groups in total. The Morgan fingerprint density at radius 1 is 1.04 bits per heavy atom. The average Bonchev–Trinajstić information content (AvgIpc) is 3.07. The fourth-order valence-corrected chi connectivity index (χ4v) is 3.66. The molecule has 0 radical (unpaired) electrons. The van der Waals surface area contributed by atoms with Crippen LogP contribution in [0.5, 0.6) is 0 Å². The third kappa shape index (κ3) is 2.42. The normalized spacial score (nSPS) is 16.9. The first-order valence-corrected chi connectivity index (χ1v) is 8.21. The van der Waals surface area contributed by atoms with Crippen molar-refractivity contribution in [3.8, 4) is 0 Å². The van der Waals surface area contributed by atoms with E-state index < -0.39 is 29.2 Å². The van der Waals surface area contributed by atoms with E-state index in [9.17, 15) is 19.2 Å². The smallest absolute Gasteiger partial charge is 0.324 e. The Balaban J connectivity index is 2.13. The summed E-state index contributed by atoms with van der Waals surface area (Å²) in [5.41, 5.74) is 0.942. The highest BCUT2D eigenvalue weighted by molar-refractivity contribution is 6.23. The van der Waals surface area contributed by atoms with Crippen molar-refractivity contribution in [3.05, 3.63) is 33.9 Å². The van der Waals surface area contributed by atoms with Gasteiger partial charge in [0.25, 0.3) is 11.8 Å². The Morgan fingerprint density at radius 2 is 1.60 bits per heavy atom. The van der Waals surface area contributed by atoms with Crippen molar-refractivity contribution < 1.29 is 28.7 Å². The molecule has 0 bridgehead atoms. The number of hydrogen-bond donors (Lipinski definition) is 1. The number of hydrogen-bond acceptors (Lipinski definition) is 6. The largest absolute Gasteiger partial charge is 0.465 e. The lowest BCUT2D eigenvalue weighted by molar-refractivity contribution is -0.171. The molecule has 25 heavy (non-hydrogen) atoms. The number of nitrogens with one attached hydrogen (secondary N) is 1. The molecule has 0 spiro atoms. The molecular weight excluding hydrogens is 326 g/mol. The first-order valence-electron chi connectivity index (χ1n) is 8.21. The predicted octanol–water partition coefficient (Wildman–Crippen LogP) is 1.09. The van der Waals surface area contributed by atoms with Gasteiger partial charge >= 0.3 is 11.9 Å². The molecule has 0 unspecified atom stereocenters. The molecule has 0 aromatic heterocycles. The number of ether oxygens (including phenoxy) is 2. The summed E-state index contributed by atoms with van der Waals surface area (Å²) in [6, 6.07) is 1.76. The molecule has 7 nitrogen and oxygen atoms in total. The third-order valence-electron chi connectivity index (χ3n) is 4.71. The van der Waals surface area contributed by atoms with Crippen molar-refractivity contribution in [3.63, 3.8) is 0 Å². The van der Waals surface area contributed by atoms with Crippen LogP contribution in [0.2, 0.25) is 0 Å². The Bertz CT molecular complexity index is 792. The second-order valence-corrected chi connectivity index (χ2v) is 6.24. The van der Waals surface area contributed by atoms with E-state index in [0.29, 0.717) is 22.3 Å². The van der Waals surface area contributed by atoms with Crippen molar-refractivity contribution in [2.45, 2.75) is 33.6 Å². The number of aryl methyl sites for hydroxylation is 1. The SMILES string of the molecule is CCOC(=O)C1(C(=O)OCC)Cc2cc(C)c3c(c2C1)C(=O)NC3=O. The second-order valence-electron chi connectivity index (χ2n) is 6.24. The van der Waals surface area contributed by atoms with Gasteiger partial charge in [-0.1, -0.05) is 6.07 Å². The molecule has 2 amide bonds. The number of fused-ring (bicyclic) bond motifs is 3. The highest BCUT2D eigenvalue weighted by atomic mass is 16.6. The number of amides is 2. The summed E-state index contributed by atoms with van der Waals surface area (Å²) in [6.45, 7) is 5.31. The second kappa shape index (κ2) is 5.98. The lowest BCUT2D eigenvalue weighted by atomic mass is 9.84. The number of imide groups is 1. The Hall–Kier alpha value is -2.70. The van der Waals surface area contributed by atoms with Gasteiger partial charge in [0.15, 0.2) is 5.41 Å². The molecule has 0 atom stereocenters. The van der Waals surface area contributed by atoms with Gasteiger partial charge in [0, 0.05) is 6.42 Å². The summed E-state index contributed by atoms with van der Waals surface area (Å²) < 4.78 is 10.2. The molecule has 0 saturated heterocycles.